The smallest absolute Gasteiger partial charge is 0.0339 e. The van der Waals surface area contributed by atoms with Gasteiger partial charge in [-0.15, -0.1) is 11.6 Å². The fraction of sp³-hybridized carbons (Fsp3) is 0.143. The molecule has 0 saturated carbocycles. The summed E-state index contributed by atoms with van der Waals surface area (Å²) in [6.07, 6.45) is 0.920. The predicted octanol–water partition coefficient (Wildman–Crippen LogP) is 5.65. The molecule has 0 spiro atoms. The maximum atomic E-state index is 5.83. The van der Waals surface area contributed by atoms with E-state index in [4.69, 9.17) is 11.6 Å². The maximum absolute atomic E-state index is 5.83. The minimum atomic E-state index is 0.271. The van der Waals surface area contributed by atoms with Gasteiger partial charge in [0.15, 0.2) is 0 Å². The number of hydrogen-bond acceptors (Lipinski definition) is 0. The lowest BCUT2D eigenvalue weighted by atomic mass is 9.85. The molecule has 0 atom stereocenters. The van der Waals surface area contributed by atoms with E-state index in [2.05, 4.69) is 84.9 Å². The molecule has 0 bridgehead atoms. The molecule has 3 aromatic carbocycles. The first-order valence-corrected chi connectivity index (χ1v) is 8.16. The van der Waals surface area contributed by atoms with Crippen molar-refractivity contribution in [2.75, 3.05) is 5.88 Å². The lowest BCUT2D eigenvalue weighted by Gasteiger charge is -2.19. The monoisotopic (exact) mass is 306 g/mol. The predicted molar refractivity (Wildman–Crippen MR) is 94.7 cm³/mol. The van der Waals surface area contributed by atoms with E-state index in [0.717, 1.165) is 6.42 Å². The Kier molecular flexibility index (Phi) is 4.92. The van der Waals surface area contributed by atoms with Crippen LogP contribution in [-0.4, -0.2) is 5.88 Å². The van der Waals surface area contributed by atoms with Crippen molar-refractivity contribution >= 4 is 11.6 Å². The summed E-state index contributed by atoms with van der Waals surface area (Å²) in [6.45, 7) is 0. The lowest BCUT2D eigenvalue weighted by Crippen LogP contribution is -2.03. The van der Waals surface area contributed by atoms with Crippen LogP contribution in [0, 0.1) is 0 Å². The summed E-state index contributed by atoms with van der Waals surface area (Å²) < 4.78 is 0. The van der Waals surface area contributed by atoms with Gasteiger partial charge in [0.25, 0.3) is 0 Å². The van der Waals surface area contributed by atoms with E-state index in [1.54, 1.807) is 0 Å². The molecule has 0 radical (unpaired) electrons. The molecule has 22 heavy (non-hydrogen) atoms. The van der Waals surface area contributed by atoms with Crippen LogP contribution in [0.5, 0.6) is 0 Å². The third-order valence-electron chi connectivity index (χ3n) is 3.96. The summed E-state index contributed by atoms with van der Waals surface area (Å²) in [5, 5.41) is 0. The van der Waals surface area contributed by atoms with Gasteiger partial charge in [0.2, 0.25) is 0 Å². The zero-order valence-corrected chi connectivity index (χ0v) is 13.2. The van der Waals surface area contributed by atoms with Gasteiger partial charge in [0, 0.05) is 11.8 Å². The number of rotatable bonds is 5. The summed E-state index contributed by atoms with van der Waals surface area (Å²) in [5.74, 6) is 0.938. The van der Waals surface area contributed by atoms with E-state index < -0.39 is 0 Å². The van der Waals surface area contributed by atoms with Gasteiger partial charge in [-0.05, 0) is 28.7 Å². The second kappa shape index (κ2) is 7.29. The Labute approximate surface area is 137 Å². The molecule has 0 aliphatic heterocycles. The van der Waals surface area contributed by atoms with Crippen molar-refractivity contribution in [2.24, 2.45) is 0 Å². The van der Waals surface area contributed by atoms with Gasteiger partial charge >= 0.3 is 0 Å². The molecule has 1 heteroatoms. The van der Waals surface area contributed by atoms with Gasteiger partial charge < -0.3 is 0 Å². The normalized spacial score (nSPS) is 10.8. The topological polar surface area (TPSA) is 0 Å². The molecular weight excluding hydrogens is 288 g/mol. The molecule has 110 valence electrons. The van der Waals surface area contributed by atoms with Crippen molar-refractivity contribution in [3.05, 3.63) is 107 Å². The lowest BCUT2D eigenvalue weighted by molar-refractivity contribution is 0.973. The second-order valence-corrected chi connectivity index (χ2v) is 5.81. The maximum Gasteiger partial charge on any atom is 0.0339 e. The minimum absolute atomic E-state index is 0.271. The summed E-state index contributed by atoms with van der Waals surface area (Å²) in [7, 11) is 0. The fourth-order valence-electron chi connectivity index (χ4n) is 2.85. The number of alkyl halides is 1. The number of halogens is 1. The van der Waals surface area contributed by atoms with Gasteiger partial charge in [-0.3, -0.25) is 0 Å². The molecule has 0 N–H and O–H groups in total. The Morgan fingerprint density at radius 2 is 1.05 bits per heavy atom. The van der Waals surface area contributed by atoms with Crippen LogP contribution in [0.25, 0.3) is 0 Å². The van der Waals surface area contributed by atoms with Crippen LogP contribution in [0.3, 0.4) is 0 Å². The average molecular weight is 307 g/mol. The fourth-order valence-corrected chi connectivity index (χ4v) is 3.07. The molecule has 0 unspecified atom stereocenters. The Balaban J connectivity index is 2.02. The zero-order chi connectivity index (χ0) is 15.2. The highest BCUT2D eigenvalue weighted by Gasteiger charge is 2.15. The first-order valence-electron chi connectivity index (χ1n) is 7.63. The molecule has 0 saturated heterocycles. The molecule has 3 rings (SSSR count). The Morgan fingerprint density at radius 1 is 0.591 bits per heavy atom. The SMILES string of the molecule is ClCCc1ccc(C(c2ccccc2)c2ccccc2)cc1. The van der Waals surface area contributed by atoms with Crippen molar-refractivity contribution in [3.63, 3.8) is 0 Å². The Hall–Kier alpha value is -2.05. The Morgan fingerprint density at radius 3 is 1.50 bits per heavy atom. The van der Waals surface area contributed by atoms with Gasteiger partial charge in [-0.25, -0.2) is 0 Å². The van der Waals surface area contributed by atoms with E-state index in [1.807, 2.05) is 0 Å². The molecule has 0 aromatic heterocycles. The largest absolute Gasteiger partial charge is 0.126 e. The number of hydrogen-bond donors (Lipinski definition) is 0. The van der Waals surface area contributed by atoms with Crippen molar-refractivity contribution in [1.82, 2.24) is 0 Å². The first-order chi connectivity index (χ1) is 10.9. The number of benzene rings is 3. The second-order valence-electron chi connectivity index (χ2n) is 5.43. The summed E-state index contributed by atoms with van der Waals surface area (Å²) in [6, 6.07) is 30.2. The third kappa shape index (κ3) is 3.40. The minimum Gasteiger partial charge on any atom is -0.126 e. The summed E-state index contributed by atoms with van der Waals surface area (Å²) in [4.78, 5) is 0. The average Bonchev–Trinajstić information content (AvgIpc) is 2.59. The van der Waals surface area contributed by atoms with Crippen molar-refractivity contribution in [3.8, 4) is 0 Å². The van der Waals surface area contributed by atoms with Crippen LogP contribution in [0.2, 0.25) is 0 Å². The van der Waals surface area contributed by atoms with E-state index >= 15 is 0 Å². The van der Waals surface area contributed by atoms with Crippen molar-refractivity contribution < 1.29 is 0 Å². The highest BCUT2D eigenvalue weighted by molar-refractivity contribution is 6.17. The van der Waals surface area contributed by atoms with Crippen molar-refractivity contribution in [1.29, 1.82) is 0 Å². The summed E-state index contributed by atoms with van der Waals surface area (Å²) >= 11 is 5.83. The van der Waals surface area contributed by atoms with E-state index in [1.165, 1.54) is 22.3 Å². The molecule has 0 amide bonds. The van der Waals surface area contributed by atoms with Crippen LogP contribution < -0.4 is 0 Å². The van der Waals surface area contributed by atoms with E-state index in [9.17, 15) is 0 Å². The van der Waals surface area contributed by atoms with Crippen molar-refractivity contribution in [2.45, 2.75) is 12.3 Å². The van der Waals surface area contributed by atoms with Crippen LogP contribution in [0.4, 0.5) is 0 Å². The highest BCUT2D eigenvalue weighted by atomic mass is 35.5. The van der Waals surface area contributed by atoms with Crippen LogP contribution in [0.1, 0.15) is 28.2 Å². The van der Waals surface area contributed by atoms with Crippen LogP contribution in [0.15, 0.2) is 84.9 Å². The van der Waals surface area contributed by atoms with Gasteiger partial charge in [-0.2, -0.15) is 0 Å². The standard InChI is InChI=1S/C21H19Cl/c22-16-15-17-11-13-20(14-12-17)21(18-7-3-1-4-8-18)19-9-5-2-6-10-19/h1-14,21H,15-16H2. The molecule has 0 fully saturated rings. The molecule has 3 aromatic rings. The molecular formula is C21H19Cl. The van der Waals surface area contributed by atoms with Crippen LogP contribution in [-0.2, 0) is 6.42 Å². The van der Waals surface area contributed by atoms with E-state index in [-0.39, 0.29) is 5.92 Å². The van der Waals surface area contributed by atoms with Gasteiger partial charge in [-0.1, -0.05) is 84.9 Å². The summed E-state index contributed by atoms with van der Waals surface area (Å²) in [5.41, 5.74) is 5.24. The molecule has 0 nitrogen and oxygen atoms in total. The zero-order valence-electron chi connectivity index (χ0n) is 12.5. The Bertz CT molecular complexity index is 647. The number of aryl methyl sites for hydroxylation is 1. The quantitative estimate of drug-likeness (QED) is 0.422. The first kappa shape index (κ1) is 14.9. The molecule has 0 aliphatic rings. The molecule has 0 heterocycles. The van der Waals surface area contributed by atoms with Gasteiger partial charge in [0.05, 0.1) is 0 Å². The van der Waals surface area contributed by atoms with Crippen LogP contribution >= 0.6 is 11.6 Å². The van der Waals surface area contributed by atoms with Gasteiger partial charge in [0.1, 0.15) is 0 Å². The molecule has 0 aliphatic carbocycles. The highest BCUT2D eigenvalue weighted by Crippen LogP contribution is 2.31. The van der Waals surface area contributed by atoms with E-state index in [0.29, 0.717) is 5.88 Å². The third-order valence-corrected chi connectivity index (χ3v) is 4.15.